The van der Waals surface area contributed by atoms with Crippen molar-refractivity contribution in [3.8, 4) is 0 Å². The molecule has 0 fully saturated rings. The van der Waals surface area contributed by atoms with Crippen LogP contribution in [0.2, 0.25) is 0 Å². The second-order valence-corrected chi connectivity index (χ2v) is 4.64. The van der Waals surface area contributed by atoms with Crippen molar-refractivity contribution >= 4 is 17.0 Å². The number of anilines is 1. The smallest absolute Gasteiger partial charge is 0.0359 e. The van der Waals surface area contributed by atoms with E-state index in [2.05, 4.69) is 35.1 Å². The largest absolute Gasteiger partial charge is 0.398 e. The standard InChI is InChI=1S/C13H16N2S/c1-10(12-6-7-16-9-12)15-8-11-4-2-3-5-13(11)14/h2-7,9-10,15H,8,14H2,1H3. The van der Waals surface area contributed by atoms with Crippen LogP contribution >= 0.6 is 11.3 Å². The van der Waals surface area contributed by atoms with Gasteiger partial charge in [0.05, 0.1) is 0 Å². The van der Waals surface area contributed by atoms with Crippen molar-refractivity contribution < 1.29 is 0 Å². The van der Waals surface area contributed by atoms with Gasteiger partial charge in [-0.15, -0.1) is 0 Å². The monoisotopic (exact) mass is 232 g/mol. The SMILES string of the molecule is CC(NCc1ccccc1N)c1ccsc1. The van der Waals surface area contributed by atoms with Gasteiger partial charge in [0, 0.05) is 18.3 Å². The topological polar surface area (TPSA) is 38.0 Å². The number of nitrogen functional groups attached to an aromatic ring is 1. The molecule has 0 saturated carbocycles. The van der Waals surface area contributed by atoms with Gasteiger partial charge in [0.15, 0.2) is 0 Å². The first-order valence-corrected chi connectivity index (χ1v) is 6.30. The predicted octanol–water partition coefficient (Wildman–Crippen LogP) is 3.18. The van der Waals surface area contributed by atoms with Gasteiger partial charge in [0.25, 0.3) is 0 Å². The van der Waals surface area contributed by atoms with Crippen molar-refractivity contribution in [2.45, 2.75) is 19.5 Å². The summed E-state index contributed by atoms with van der Waals surface area (Å²) >= 11 is 1.73. The highest BCUT2D eigenvalue weighted by atomic mass is 32.1. The van der Waals surface area contributed by atoms with Crippen molar-refractivity contribution in [3.05, 3.63) is 52.2 Å². The van der Waals surface area contributed by atoms with Gasteiger partial charge in [-0.1, -0.05) is 18.2 Å². The molecule has 3 N–H and O–H groups in total. The second-order valence-electron chi connectivity index (χ2n) is 3.86. The fourth-order valence-electron chi connectivity index (χ4n) is 1.60. The van der Waals surface area contributed by atoms with Crippen LogP contribution in [-0.4, -0.2) is 0 Å². The van der Waals surface area contributed by atoms with E-state index in [1.807, 2.05) is 18.2 Å². The molecule has 0 aliphatic rings. The van der Waals surface area contributed by atoms with Crippen molar-refractivity contribution in [1.82, 2.24) is 5.32 Å². The van der Waals surface area contributed by atoms with Gasteiger partial charge in [0.1, 0.15) is 0 Å². The summed E-state index contributed by atoms with van der Waals surface area (Å²) in [5.74, 6) is 0. The van der Waals surface area contributed by atoms with Gasteiger partial charge < -0.3 is 11.1 Å². The highest BCUT2D eigenvalue weighted by Crippen LogP contribution is 2.17. The van der Waals surface area contributed by atoms with E-state index < -0.39 is 0 Å². The molecule has 2 rings (SSSR count). The quantitative estimate of drug-likeness (QED) is 0.795. The molecule has 1 aromatic carbocycles. The minimum Gasteiger partial charge on any atom is -0.398 e. The molecule has 0 spiro atoms. The van der Waals surface area contributed by atoms with E-state index in [0.29, 0.717) is 6.04 Å². The lowest BCUT2D eigenvalue weighted by atomic mass is 10.1. The Balaban J connectivity index is 1.95. The number of thiophene rings is 1. The van der Waals surface area contributed by atoms with Gasteiger partial charge in [-0.2, -0.15) is 11.3 Å². The van der Waals surface area contributed by atoms with Gasteiger partial charge in [0.2, 0.25) is 0 Å². The molecule has 2 nitrogen and oxygen atoms in total. The number of nitrogens with two attached hydrogens (primary N) is 1. The van der Waals surface area contributed by atoms with Crippen molar-refractivity contribution in [2.24, 2.45) is 0 Å². The first-order chi connectivity index (χ1) is 7.77. The van der Waals surface area contributed by atoms with Crippen molar-refractivity contribution in [3.63, 3.8) is 0 Å². The number of rotatable bonds is 4. The number of benzene rings is 1. The molecule has 1 aromatic heterocycles. The molecule has 0 saturated heterocycles. The molecule has 2 aromatic rings. The highest BCUT2D eigenvalue weighted by molar-refractivity contribution is 7.07. The third-order valence-corrected chi connectivity index (χ3v) is 3.40. The average Bonchev–Trinajstić information content (AvgIpc) is 2.81. The Hall–Kier alpha value is -1.32. The Kier molecular flexibility index (Phi) is 3.59. The first kappa shape index (κ1) is 11.2. The molecule has 3 heteroatoms. The summed E-state index contributed by atoms with van der Waals surface area (Å²) in [4.78, 5) is 0. The third-order valence-electron chi connectivity index (χ3n) is 2.70. The van der Waals surface area contributed by atoms with Crippen LogP contribution in [-0.2, 0) is 6.54 Å². The highest BCUT2D eigenvalue weighted by Gasteiger charge is 2.05. The molecule has 16 heavy (non-hydrogen) atoms. The van der Waals surface area contributed by atoms with E-state index in [0.717, 1.165) is 17.8 Å². The Morgan fingerprint density at radius 2 is 2.12 bits per heavy atom. The first-order valence-electron chi connectivity index (χ1n) is 5.36. The molecule has 1 atom stereocenters. The van der Waals surface area contributed by atoms with E-state index >= 15 is 0 Å². The lowest BCUT2D eigenvalue weighted by molar-refractivity contribution is 0.577. The van der Waals surface area contributed by atoms with E-state index in [1.54, 1.807) is 11.3 Å². The van der Waals surface area contributed by atoms with Crippen LogP contribution in [0.5, 0.6) is 0 Å². The van der Waals surface area contributed by atoms with E-state index in [4.69, 9.17) is 5.73 Å². The van der Waals surface area contributed by atoms with Gasteiger partial charge in [-0.05, 0) is 40.9 Å². The fourth-order valence-corrected chi connectivity index (χ4v) is 2.35. The van der Waals surface area contributed by atoms with E-state index in [1.165, 1.54) is 5.56 Å². The number of hydrogen-bond acceptors (Lipinski definition) is 3. The molecular weight excluding hydrogens is 216 g/mol. The maximum Gasteiger partial charge on any atom is 0.0359 e. The van der Waals surface area contributed by atoms with Crippen LogP contribution in [0.15, 0.2) is 41.1 Å². The van der Waals surface area contributed by atoms with Crippen molar-refractivity contribution in [2.75, 3.05) is 5.73 Å². The van der Waals surface area contributed by atoms with Crippen molar-refractivity contribution in [1.29, 1.82) is 0 Å². The van der Waals surface area contributed by atoms with Crippen LogP contribution in [0.1, 0.15) is 24.1 Å². The summed E-state index contributed by atoms with van der Waals surface area (Å²) in [6.07, 6.45) is 0. The molecule has 0 amide bonds. The molecule has 1 unspecified atom stereocenters. The van der Waals surface area contributed by atoms with Crippen LogP contribution in [0.3, 0.4) is 0 Å². The summed E-state index contributed by atoms with van der Waals surface area (Å²) in [5, 5.41) is 7.74. The Labute approximate surface area is 100 Å². The lowest BCUT2D eigenvalue weighted by Crippen LogP contribution is -2.18. The molecule has 0 bridgehead atoms. The molecule has 0 radical (unpaired) electrons. The summed E-state index contributed by atoms with van der Waals surface area (Å²) in [6, 6.07) is 10.5. The predicted molar refractivity (Wildman–Crippen MR) is 70.4 cm³/mol. The maximum absolute atomic E-state index is 5.89. The summed E-state index contributed by atoms with van der Waals surface area (Å²) in [6.45, 7) is 2.98. The molecule has 0 aliphatic carbocycles. The summed E-state index contributed by atoms with van der Waals surface area (Å²) < 4.78 is 0. The average molecular weight is 232 g/mol. The van der Waals surface area contributed by atoms with Crippen LogP contribution in [0, 0.1) is 0 Å². The zero-order chi connectivity index (χ0) is 11.4. The van der Waals surface area contributed by atoms with Crippen LogP contribution in [0.4, 0.5) is 5.69 Å². The molecule has 84 valence electrons. The number of para-hydroxylation sites is 1. The molecule has 1 heterocycles. The van der Waals surface area contributed by atoms with Gasteiger partial charge >= 0.3 is 0 Å². The van der Waals surface area contributed by atoms with Crippen LogP contribution in [0.25, 0.3) is 0 Å². The van der Waals surface area contributed by atoms with Gasteiger partial charge in [-0.25, -0.2) is 0 Å². The fraction of sp³-hybridized carbons (Fsp3) is 0.231. The molecular formula is C13H16N2S. The zero-order valence-electron chi connectivity index (χ0n) is 9.31. The second kappa shape index (κ2) is 5.14. The Morgan fingerprint density at radius 1 is 1.31 bits per heavy atom. The number of hydrogen-bond donors (Lipinski definition) is 2. The van der Waals surface area contributed by atoms with Crippen LogP contribution < -0.4 is 11.1 Å². The lowest BCUT2D eigenvalue weighted by Gasteiger charge is -2.13. The minimum absolute atomic E-state index is 0.367. The number of nitrogens with one attached hydrogen (secondary N) is 1. The third kappa shape index (κ3) is 2.62. The zero-order valence-corrected chi connectivity index (χ0v) is 10.1. The van der Waals surface area contributed by atoms with Gasteiger partial charge in [-0.3, -0.25) is 0 Å². The normalized spacial score (nSPS) is 12.6. The Bertz CT molecular complexity index is 437. The Morgan fingerprint density at radius 3 is 2.81 bits per heavy atom. The molecule has 0 aliphatic heterocycles. The van der Waals surface area contributed by atoms with E-state index in [-0.39, 0.29) is 0 Å². The summed E-state index contributed by atoms with van der Waals surface area (Å²) in [7, 11) is 0. The maximum atomic E-state index is 5.89. The summed E-state index contributed by atoms with van der Waals surface area (Å²) in [5.41, 5.74) is 9.23. The minimum atomic E-state index is 0.367. The van der Waals surface area contributed by atoms with E-state index in [9.17, 15) is 0 Å².